The van der Waals surface area contributed by atoms with Gasteiger partial charge in [0.2, 0.25) is 0 Å². The lowest BCUT2D eigenvalue weighted by Crippen LogP contribution is -2.08. The second kappa shape index (κ2) is 5.48. The van der Waals surface area contributed by atoms with Gasteiger partial charge < -0.3 is 9.84 Å². The number of hydrogen-bond acceptors (Lipinski definition) is 3. The summed E-state index contributed by atoms with van der Waals surface area (Å²) in [6.07, 6.45) is -0.556. The fourth-order valence-corrected chi connectivity index (χ4v) is 2.37. The maximum absolute atomic E-state index is 9.81. The number of halogens is 1. The van der Waals surface area contributed by atoms with Crippen LogP contribution in [0.4, 0.5) is 0 Å². The summed E-state index contributed by atoms with van der Waals surface area (Å²) in [6.45, 7) is 0.275. The average Bonchev–Trinajstić information content (AvgIpc) is 2.79. The first-order valence-corrected chi connectivity index (χ1v) is 6.53. The van der Waals surface area contributed by atoms with Crippen molar-refractivity contribution in [3.8, 4) is 5.75 Å². The lowest BCUT2D eigenvalue weighted by Gasteiger charge is -2.10. The van der Waals surface area contributed by atoms with Crippen molar-refractivity contribution in [3.63, 3.8) is 0 Å². The zero-order chi connectivity index (χ0) is 11.4. The van der Waals surface area contributed by atoms with Crippen molar-refractivity contribution in [2.24, 2.45) is 0 Å². The van der Waals surface area contributed by atoms with Gasteiger partial charge in [-0.1, -0.05) is 28.1 Å². The number of ether oxygens (including phenoxy) is 1. The third-order valence-corrected chi connectivity index (χ3v) is 3.54. The molecule has 0 saturated carbocycles. The lowest BCUT2D eigenvalue weighted by molar-refractivity contribution is 0.111. The van der Waals surface area contributed by atoms with E-state index in [0.717, 1.165) is 15.1 Å². The fourth-order valence-electron chi connectivity index (χ4n) is 1.29. The number of hydrogen-bond donors (Lipinski definition) is 1. The van der Waals surface area contributed by atoms with E-state index < -0.39 is 6.10 Å². The second-order valence-electron chi connectivity index (χ2n) is 3.30. The molecule has 0 saturated heterocycles. The Kier molecular flexibility index (Phi) is 3.98. The SMILES string of the molecule is OC(COc1cccc(Br)c1)c1cccs1. The third kappa shape index (κ3) is 3.07. The van der Waals surface area contributed by atoms with E-state index >= 15 is 0 Å². The molecule has 2 rings (SSSR count). The van der Waals surface area contributed by atoms with Crippen LogP contribution in [0.25, 0.3) is 0 Å². The summed E-state index contributed by atoms with van der Waals surface area (Å²) in [7, 11) is 0. The molecule has 0 bridgehead atoms. The van der Waals surface area contributed by atoms with Crippen LogP contribution in [0.3, 0.4) is 0 Å². The second-order valence-corrected chi connectivity index (χ2v) is 5.19. The largest absolute Gasteiger partial charge is 0.490 e. The molecular weight excluding hydrogens is 288 g/mol. The van der Waals surface area contributed by atoms with Gasteiger partial charge in [0, 0.05) is 9.35 Å². The lowest BCUT2D eigenvalue weighted by atomic mass is 10.3. The van der Waals surface area contributed by atoms with E-state index in [0.29, 0.717) is 0 Å². The maximum Gasteiger partial charge on any atom is 0.122 e. The Hall–Kier alpha value is -0.840. The normalized spacial score (nSPS) is 12.4. The summed E-state index contributed by atoms with van der Waals surface area (Å²) in [4.78, 5) is 0.926. The van der Waals surface area contributed by atoms with Crippen molar-refractivity contribution in [2.75, 3.05) is 6.61 Å². The summed E-state index contributed by atoms with van der Waals surface area (Å²) in [5.41, 5.74) is 0. The molecule has 1 unspecified atom stereocenters. The van der Waals surface area contributed by atoms with Crippen LogP contribution in [0.5, 0.6) is 5.75 Å². The molecule has 1 aromatic carbocycles. The molecule has 2 nitrogen and oxygen atoms in total. The molecule has 4 heteroatoms. The van der Waals surface area contributed by atoms with Gasteiger partial charge in [-0.15, -0.1) is 11.3 Å². The van der Waals surface area contributed by atoms with E-state index in [2.05, 4.69) is 15.9 Å². The topological polar surface area (TPSA) is 29.5 Å². The zero-order valence-corrected chi connectivity index (χ0v) is 10.9. The summed E-state index contributed by atoms with van der Waals surface area (Å²) in [5, 5.41) is 11.8. The molecule has 0 amide bonds. The Morgan fingerprint density at radius 2 is 2.19 bits per heavy atom. The Morgan fingerprint density at radius 3 is 2.88 bits per heavy atom. The molecule has 0 radical (unpaired) electrons. The Balaban J connectivity index is 1.92. The molecule has 1 aromatic heterocycles. The maximum atomic E-state index is 9.81. The predicted octanol–water partition coefficient (Wildman–Crippen LogP) is 3.62. The van der Waals surface area contributed by atoms with Crippen LogP contribution in [0.15, 0.2) is 46.3 Å². The third-order valence-electron chi connectivity index (χ3n) is 2.08. The zero-order valence-electron chi connectivity index (χ0n) is 8.47. The summed E-state index contributed by atoms with van der Waals surface area (Å²) < 4.78 is 6.47. The van der Waals surface area contributed by atoms with Gasteiger partial charge in [0.05, 0.1) is 0 Å². The van der Waals surface area contributed by atoms with Crippen LogP contribution in [0.2, 0.25) is 0 Å². The van der Waals surface area contributed by atoms with Crippen LogP contribution in [0, 0.1) is 0 Å². The minimum Gasteiger partial charge on any atom is -0.490 e. The first-order valence-electron chi connectivity index (χ1n) is 4.85. The van der Waals surface area contributed by atoms with Gasteiger partial charge in [0.25, 0.3) is 0 Å². The van der Waals surface area contributed by atoms with Crippen molar-refractivity contribution in [2.45, 2.75) is 6.10 Å². The molecule has 1 atom stereocenters. The van der Waals surface area contributed by atoms with Gasteiger partial charge >= 0.3 is 0 Å². The summed E-state index contributed by atoms with van der Waals surface area (Å²) >= 11 is 4.90. The average molecular weight is 299 g/mol. The quantitative estimate of drug-likeness (QED) is 0.934. The Bertz CT molecular complexity index is 442. The Labute approximate surface area is 107 Å². The molecule has 84 valence electrons. The van der Waals surface area contributed by atoms with E-state index in [1.807, 2.05) is 41.8 Å². The summed E-state index contributed by atoms with van der Waals surface area (Å²) in [5.74, 6) is 0.755. The van der Waals surface area contributed by atoms with E-state index in [4.69, 9.17) is 4.74 Å². The number of thiophene rings is 1. The van der Waals surface area contributed by atoms with Gasteiger partial charge in [-0.05, 0) is 29.6 Å². The van der Waals surface area contributed by atoms with Crippen LogP contribution < -0.4 is 4.74 Å². The molecular formula is C12H11BrO2S. The number of rotatable bonds is 4. The van der Waals surface area contributed by atoms with Crippen molar-refractivity contribution in [1.82, 2.24) is 0 Å². The minimum absolute atomic E-state index is 0.275. The van der Waals surface area contributed by atoms with E-state index in [1.54, 1.807) is 0 Å². The van der Waals surface area contributed by atoms with E-state index in [9.17, 15) is 5.11 Å². The van der Waals surface area contributed by atoms with E-state index in [-0.39, 0.29) is 6.61 Å². The monoisotopic (exact) mass is 298 g/mol. The molecule has 2 aromatic rings. The standard InChI is InChI=1S/C12H11BrO2S/c13-9-3-1-4-10(7-9)15-8-11(14)12-5-2-6-16-12/h1-7,11,14H,8H2. The van der Waals surface area contributed by atoms with Gasteiger partial charge in [-0.2, -0.15) is 0 Å². The van der Waals surface area contributed by atoms with Gasteiger partial charge in [-0.25, -0.2) is 0 Å². The highest BCUT2D eigenvalue weighted by atomic mass is 79.9. The minimum atomic E-state index is -0.556. The highest BCUT2D eigenvalue weighted by molar-refractivity contribution is 9.10. The molecule has 0 aliphatic rings. The van der Waals surface area contributed by atoms with Crippen molar-refractivity contribution in [1.29, 1.82) is 0 Å². The highest BCUT2D eigenvalue weighted by Crippen LogP contribution is 2.22. The molecule has 16 heavy (non-hydrogen) atoms. The van der Waals surface area contributed by atoms with E-state index in [1.165, 1.54) is 11.3 Å². The predicted molar refractivity (Wildman–Crippen MR) is 68.9 cm³/mol. The molecule has 0 spiro atoms. The molecule has 0 fully saturated rings. The van der Waals surface area contributed by atoms with Gasteiger partial charge in [-0.3, -0.25) is 0 Å². The van der Waals surface area contributed by atoms with Crippen LogP contribution in [0.1, 0.15) is 11.0 Å². The fraction of sp³-hybridized carbons (Fsp3) is 0.167. The van der Waals surface area contributed by atoms with Gasteiger partial charge in [0.15, 0.2) is 0 Å². The van der Waals surface area contributed by atoms with Crippen molar-refractivity contribution in [3.05, 3.63) is 51.1 Å². The van der Waals surface area contributed by atoms with Crippen molar-refractivity contribution >= 4 is 27.3 Å². The first kappa shape index (κ1) is 11.6. The van der Waals surface area contributed by atoms with Crippen LogP contribution >= 0.6 is 27.3 Å². The first-order chi connectivity index (χ1) is 7.75. The Morgan fingerprint density at radius 1 is 1.31 bits per heavy atom. The molecule has 0 aliphatic heterocycles. The number of benzene rings is 1. The van der Waals surface area contributed by atoms with Crippen molar-refractivity contribution < 1.29 is 9.84 Å². The number of aliphatic hydroxyl groups excluding tert-OH is 1. The highest BCUT2D eigenvalue weighted by Gasteiger charge is 2.09. The number of aliphatic hydroxyl groups is 1. The van der Waals surface area contributed by atoms with Crippen LogP contribution in [-0.4, -0.2) is 11.7 Å². The van der Waals surface area contributed by atoms with Gasteiger partial charge in [0.1, 0.15) is 18.5 Å². The molecule has 1 N–H and O–H groups in total. The summed E-state index contributed by atoms with van der Waals surface area (Å²) in [6, 6.07) is 11.4. The smallest absolute Gasteiger partial charge is 0.122 e. The molecule has 0 aliphatic carbocycles. The molecule has 1 heterocycles. The van der Waals surface area contributed by atoms with Crippen LogP contribution in [-0.2, 0) is 0 Å².